The Balaban J connectivity index is 2.40. The molecule has 74 valence electrons. The van der Waals surface area contributed by atoms with E-state index in [9.17, 15) is 4.79 Å². The Labute approximate surface area is 85.5 Å². The summed E-state index contributed by atoms with van der Waals surface area (Å²) < 4.78 is 0. The minimum Gasteiger partial charge on any atom is -0.300 e. The molecule has 0 aliphatic rings. The average Bonchev–Trinajstić information content (AvgIpc) is 2.18. The highest BCUT2D eigenvalue weighted by Gasteiger charge is 1.99. The monoisotopic (exact) mass is 188 g/mol. The maximum Gasteiger partial charge on any atom is 0.129 e. The molecule has 0 bridgehead atoms. The second kappa shape index (κ2) is 5.38. The van der Waals surface area contributed by atoms with Crippen LogP contribution in [-0.4, -0.2) is 5.78 Å². The van der Waals surface area contributed by atoms with E-state index >= 15 is 0 Å². The number of Topliss-reactive ketones (excluding diaryl/α,β-unsaturated/α-hetero) is 1. The molecule has 0 spiro atoms. The third-order valence-corrected chi connectivity index (χ3v) is 2.19. The topological polar surface area (TPSA) is 17.1 Å². The summed E-state index contributed by atoms with van der Waals surface area (Å²) in [6.07, 6.45) is 2.47. The van der Waals surface area contributed by atoms with Crippen molar-refractivity contribution in [2.75, 3.05) is 0 Å². The molecule has 0 saturated heterocycles. The Hall–Kier alpha value is -1.37. The van der Waals surface area contributed by atoms with Gasteiger partial charge in [-0.25, -0.2) is 0 Å². The van der Waals surface area contributed by atoms with Gasteiger partial charge in [0.1, 0.15) is 5.78 Å². The van der Waals surface area contributed by atoms with E-state index in [1.165, 1.54) is 5.56 Å². The third kappa shape index (κ3) is 3.56. The number of ketones is 1. The molecule has 0 radical (unpaired) electrons. The van der Waals surface area contributed by atoms with Crippen LogP contribution in [0.3, 0.4) is 0 Å². The Bertz CT molecular complexity index is 311. The van der Waals surface area contributed by atoms with Crippen molar-refractivity contribution < 1.29 is 4.79 Å². The minimum atomic E-state index is 0.255. The lowest BCUT2D eigenvalue weighted by molar-refractivity contribution is -0.117. The average molecular weight is 188 g/mol. The number of rotatable bonds is 5. The molecule has 1 nitrogen and oxygen atoms in total. The first-order valence-electron chi connectivity index (χ1n) is 4.93. The standard InChI is InChI=1S/C13H16O/c1-11(7-6-8-12(2)14)13-9-4-3-5-10-13/h3-5,9-10H,1,6-8H2,2H3. The molecule has 0 amide bonds. The summed E-state index contributed by atoms with van der Waals surface area (Å²) in [5.41, 5.74) is 2.29. The van der Waals surface area contributed by atoms with Crippen LogP contribution in [0, 0.1) is 0 Å². The fraction of sp³-hybridized carbons (Fsp3) is 0.308. The van der Waals surface area contributed by atoms with Gasteiger partial charge in [-0.1, -0.05) is 36.9 Å². The predicted octanol–water partition coefficient (Wildman–Crippen LogP) is 3.46. The first kappa shape index (κ1) is 10.7. The van der Waals surface area contributed by atoms with E-state index in [1.54, 1.807) is 6.92 Å². The lowest BCUT2D eigenvalue weighted by Gasteiger charge is -2.04. The number of hydrogen-bond acceptors (Lipinski definition) is 1. The van der Waals surface area contributed by atoms with Crippen LogP contribution in [0.2, 0.25) is 0 Å². The fourth-order valence-corrected chi connectivity index (χ4v) is 1.37. The Morgan fingerprint density at radius 1 is 1.21 bits per heavy atom. The molecule has 0 fully saturated rings. The Kier molecular flexibility index (Phi) is 4.11. The Morgan fingerprint density at radius 2 is 1.86 bits per heavy atom. The fourth-order valence-electron chi connectivity index (χ4n) is 1.37. The van der Waals surface area contributed by atoms with Gasteiger partial charge in [-0.05, 0) is 30.9 Å². The molecule has 1 aromatic rings. The van der Waals surface area contributed by atoms with E-state index in [0.29, 0.717) is 6.42 Å². The van der Waals surface area contributed by atoms with Crippen molar-refractivity contribution in [3.63, 3.8) is 0 Å². The number of benzene rings is 1. The molecule has 0 aromatic heterocycles. The summed E-state index contributed by atoms with van der Waals surface area (Å²) >= 11 is 0. The van der Waals surface area contributed by atoms with E-state index in [1.807, 2.05) is 18.2 Å². The van der Waals surface area contributed by atoms with Gasteiger partial charge in [-0.2, -0.15) is 0 Å². The third-order valence-electron chi connectivity index (χ3n) is 2.19. The van der Waals surface area contributed by atoms with E-state index in [4.69, 9.17) is 0 Å². The zero-order chi connectivity index (χ0) is 10.4. The summed E-state index contributed by atoms with van der Waals surface area (Å²) in [6, 6.07) is 10.1. The normalized spacial score (nSPS) is 9.79. The summed E-state index contributed by atoms with van der Waals surface area (Å²) in [7, 11) is 0. The highest BCUT2D eigenvalue weighted by molar-refractivity contribution is 5.75. The summed E-state index contributed by atoms with van der Waals surface area (Å²) in [6.45, 7) is 5.64. The van der Waals surface area contributed by atoms with Crippen molar-refractivity contribution in [2.45, 2.75) is 26.2 Å². The Morgan fingerprint density at radius 3 is 2.43 bits per heavy atom. The van der Waals surface area contributed by atoms with Crippen molar-refractivity contribution in [3.05, 3.63) is 42.5 Å². The van der Waals surface area contributed by atoms with Crippen LogP contribution >= 0.6 is 0 Å². The minimum absolute atomic E-state index is 0.255. The molecular formula is C13H16O. The second-order valence-corrected chi connectivity index (χ2v) is 3.53. The zero-order valence-electron chi connectivity index (χ0n) is 8.62. The van der Waals surface area contributed by atoms with E-state index in [2.05, 4.69) is 18.7 Å². The lowest BCUT2D eigenvalue weighted by Crippen LogP contribution is -1.90. The number of allylic oxidation sites excluding steroid dienone is 1. The molecular weight excluding hydrogens is 172 g/mol. The largest absolute Gasteiger partial charge is 0.300 e. The SMILES string of the molecule is C=C(CCCC(C)=O)c1ccccc1. The molecule has 1 aromatic carbocycles. The van der Waals surface area contributed by atoms with Crippen molar-refractivity contribution in [1.29, 1.82) is 0 Å². The summed E-state index contributed by atoms with van der Waals surface area (Å²) in [5.74, 6) is 0.255. The summed E-state index contributed by atoms with van der Waals surface area (Å²) in [4.78, 5) is 10.7. The molecule has 0 heterocycles. The lowest BCUT2D eigenvalue weighted by atomic mass is 10.0. The number of carbonyl (C=O) groups excluding carboxylic acids is 1. The molecule has 0 aliphatic carbocycles. The van der Waals surface area contributed by atoms with E-state index < -0.39 is 0 Å². The highest BCUT2D eigenvalue weighted by Crippen LogP contribution is 2.17. The second-order valence-electron chi connectivity index (χ2n) is 3.53. The van der Waals surface area contributed by atoms with Gasteiger partial charge in [0, 0.05) is 6.42 Å². The van der Waals surface area contributed by atoms with Gasteiger partial charge < -0.3 is 4.79 Å². The maximum atomic E-state index is 10.7. The van der Waals surface area contributed by atoms with Crippen LogP contribution in [-0.2, 0) is 4.79 Å². The van der Waals surface area contributed by atoms with Crippen LogP contribution in [0.5, 0.6) is 0 Å². The first-order valence-corrected chi connectivity index (χ1v) is 4.93. The van der Waals surface area contributed by atoms with Gasteiger partial charge in [-0.15, -0.1) is 0 Å². The number of carbonyl (C=O) groups is 1. The summed E-state index contributed by atoms with van der Waals surface area (Å²) in [5, 5.41) is 0. The molecule has 0 saturated carbocycles. The van der Waals surface area contributed by atoms with Crippen LogP contribution in [0.25, 0.3) is 5.57 Å². The van der Waals surface area contributed by atoms with Crippen LogP contribution < -0.4 is 0 Å². The van der Waals surface area contributed by atoms with Gasteiger partial charge in [0.15, 0.2) is 0 Å². The maximum absolute atomic E-state index is 10.7. The van der Waals surface area contributed by atoms with Crippen LogP contribution in [0.1, 0.15) is 31.7 Å². The molecule has 0 N–H and O–H groups in total. The first-order chi connectivity index (χ1) is 6.70. The van der Waals surface area contributed by atoms with Gasteiger partial charge in [0.25, 0.3) is 0 Å². The van der Waals surface area contributed by atoms with Gasteiger partial charge in [0.2, 0.25) is 0 Å². The van der Waals surface area contributed by atoms with Gasteiger partial charge >= 0.3 is 0 Å². The highest BCUT2D eigenvalue weighted by atomic mass is 16.1. The van der Waals surface area contributed by atoms with Crippen molar-refractivity contribution in [3.8, 4) is 0 Å². The molecule has 14 heavy (non-hydrogen) atoms. The molecule has 0 atom stereocenters. The van der Waals surface area contributed by atoms with Gasteiger partial charge in [-0.3, -0.25) is 0 Å². The van der Waals surface area contributed by atoms with Crippen LogP contribution in [0.15, 0.2) is 36.9 Å². The van der Waals surface area contributed by atoms with Crippen molar-refractivity contribution in [1.82, 2.24) is 0 Å². The molecule has 0 unspecified atom stereocenters. The van der Waals surface area contributed by atoms with E-state index in [-0.39, 0.29) is 5.78 Å². The molecule has 1 rings (SSSR count). The number of hydrogen-bond donors (Lipinski definition) is 0. The molecule has 1 heteroatoms. The quantitative estimate of drug-likeness (QED) is 0.691. The van der Waals surface area contributed by atoms with Crippen LogP contribution in [0.4, 0.5) is 0 Å². The molecule has 0 aliphatic heterocycles. The zero-order valence-corrected chi connectivity index (χ0v) is 8.62. The van der Waals surface area contributed by atoms with Crippen molar-refractivity contribution >= 4 is 11.4 Å². The van der Waals surface area contributed by atoms with Gasteiger partial charge in [0.05, 0.1) is 0 Å². The van der Waals surface area contributed by atoms with E-state index in [0.717, 1.165) is 18.4 Å². The predicted molar refractivity (Wildman–Crippen MR) is 60.0 cm³/mol. The smallest absolute Gasteiger partial charge is 0.129 e. The van der Waals surface area contributed by atoms with Crippen molar-refractivity contribution in [2.24, 2.45) is 0 Å².